The predicted molar refractivity (Wildman–Crippen MR) is 62.1 cm³/mol. The van der Waals surface area contributed by atoms with E-state index in [1.165, 1.54) is 0 Å². The Morgan fingerprint density at radius 1 is 1.19 bits per heavy atom. The van der Waals surface area contributed by atoms with Crippen molar-refractivity contribution in [2.24, 2.45) is 0 Å². The van der Waals surface area contributed by atoms with Crippen LogP contribution in [0.5, 0.6) is 5.75 Å². The molecule has 1 aromatic heterocycles. The van der Waals surface area contributed by atoms with Crippen LogP contribution in [0.1, 0.15) is 5.56 Å². The van der Waals surface area contributed by atoms with Crippen molar-refractivity contribution >= 4 is 0 Å². The summed E-state index contributed by atoms with van der Waals surface area (Å²) in [5, 5.41) is 9.20. The molecule has 0 saturated carbocycles. The SMILES string of the molecule is COc1c(CO)cncc1-c1ccccc1. The number of methoxy groups -OCH3 is 1. The third-order valence-corrected chi connectivity index (χ3v) is 2.43. The van der Waals surface area contributed by atoms with Gasteiger partial charge in [-0.05, 0) is 5.56 Å². The van der Waals surface area contributed by atoms with Crippen molar-refractivity contribution < 1.29 is 9.84 Å². The van der Waals surface area contributed by atoms with Crippen LogP contribution in [0.2, 0.25) is 0 Å². The van der Waals surface area contributed by atoms with Gasteiger partial charge in [-0.1, -0.05) is 30.3 Å². The summed E-state index contributed by atoms with van der Waals surface area (Å²) in [6.07, 6.45) is 3.36. The highest BCUT2D eigenvalue weighted by molar-refractivity contribution is 5.70. The Morgan fingerprint density at radius 3 is 2.56 bits per heavy atom. The second kappa shape index (κ2) is 4.77. The van der Waals surface area contributed by atoms with Crippen LogP contribution in [0.3, 0.4) is 0 Å². The van der Waals surface area contributed by atoms with E-state index < -0.39 is 0 Å². The number of aromatic nitrogens is 1. The van der Waals surface area contributed by atoms with Crippen LogP contribution in [-0.2, 0) is 6.61 Å². The molecule has 0 bridgehead atoms. The quantitative estimate of drug-likeness (QED) is 0.853. The first-order valence-electron chi connectivity index (χ1n) is 5.04. The fourth-order valence-electron chi connectivity index (χ4n) is 1.67. The van der Waals surface area contributed by atoms with Crippen LogP contribution in [0.15, 0.2) is 42.7 Å². The zero-order valence-corrected chi connectivity index (χ0v) is 9.05. The first kappa shape index (κ1) is 10.6. The van der Waals surface area contributed by atoms with Gasteiger partial charge < -0.3 is 9.84 Å². The molecule has 3 nitrogen and oxygen atoms in total. The van der Waals surface area contributed by atoms with Crippen LogP contribution in [0.25, 0.3) is 11.1 Å². The lowest BCUT2D eigenvalue weighted by atomic mass is 10.0. The van der Waals surface area contributed by atoms with E-state index in [4.69, 9.17) is 4.74 Å². The summed E-state index contributed by atoms with van der Waals surface area (Å²) >= 11 is 0. The number of ether oxygens (including phenoxy) is 1. The predicted octanol–water partition coefficient (Wildman–Crippen LogP) is 2.25. The minimum Gasteiger partial charge on any atom is -0.496 e. The van der Waals surface area contributed by atoms with E-state index >= 15 is 0 Å². The van der Waals surface area contributed by atoms with Gasteiger partial charge in [0.15, 0.2) is 0 Å². The number of nitrogens with zero attached hydrogens (tertiary/aromatic N) is 1. The molecule has 0 aliphatic carbocycles. The Hall–Kier alpha value is -1.87. The molecule has 2 rings (SSSR count). The Bertz CT molecular complexity index is 469. The molecule has 0 saturated heterocycles. The average molecular weight is 215 g/mol. The summed E-state index contributed by atoms with van der Waals surface area (Å²) in [6.45, 7) is -0.0726. The second-order valence-corrected chi connectivity index (χ2v) is 3.40. The molecular formula is C13H13NO2. The molecule has 1 heterocycles. The van der Waals surface area contributed by atoms with E-state index in [-0.39, 0.29) is 6.61 Å². The molecule has 0 spiro atoms. The van der Waals surface area contributed by atoms with E-state index in [0.29, 0.717) is 11.3 Å². The van der Waals surface area contributed by atoms with Crippen molar-refractivity contribution in [2.45, 2.75) is 6.61 Å². The summed E-state index contributed by atoms with van der Waals surface area (Å²) in [5.41, 5.74) is 2.63. The standard InChI is InChI=1S/C13H13NO2/c1-16-13-11(9-15)7-14-8-12(13)10-5-3-2-4-6-10/h2-8,15H,9H2,1H3. The van der Waals surface area contributed by atoms with Gasteiger partial charge in [-0.3, -0.25) is 4.98 Å². The Kier molecular flexibility index (Phi) is 3.17. The topological polar surface area (TPSA) is 42.4 Å². The lowest BCUT2D eigenvalue weighted by molar-refractivity contribution is 0.273. The van der Waals surface area contributed by atoms with Crippen molar-refractivity contribution in [1.29, 1.82) is 0 Å². The molecule has 82 valence electrons. The van der Waals surface area contributed by atoms with Crippen molar-refractivity contribution in [2.75, 3.05) is 7.11 Å². The fourth-order valence-corrected chi connectivity index (χ4v) is 1.67. The number of aliphatic hydroxyl groups is 1. The molecule has 16 heavy (non-hydrogen) atoms. The number of hydrogen-bond donors (Lipinski definition) is 1. The van der Waals surface area contributed by atoms with Gasteiger partial charge in [0.25, 0.3) is 0 Å². The summed E-state index contributed by atoms with van der Waals surface area (Å²) < 4.78 is 5.32. The number of pyridine rings is 1. The highest BCUT2D eigenvalue weighted by atomic mass is 16.5. The van der Waals surface area contributed by atoms with Crippen molar-refractivity contribution in [1.82, 2.24) is 4.98 Å². The van der Waals surface area contributed by atoms with Gasteiger partial charge >= 0.3 is 0 Å². The first-order valence-corrected chi connectivity index (χ1v) is 5.04. The molecule has 0 radical (unpaired) electrons. The Balaban J connectivity index is 2.57. The summed E-state index contributed by atoms with van der Waals surface area (Å²) in [5.74, 6) is 0.684. The van der Waals surface area contributed by atoms with Crippen LogP contribution in [0.4, 0.5) is 0 Å². The van der Waals surface area contributed by atoms with E-state index in [0.717, 1.165) is 11.1 Å². The average Bonchev–Trinajstić information content (AvgIpc) is 2.38. The molecule has 1 aromatic carbocycles. The highest BCUT2D eigenvalue weighted by Gasteiger charge is 2.10. The normalized spacial score (nSPS) is 10.1. The van der Waals surface area contributed by atoms with Crippen LogP contribution >= 0.6 is 0 Å². The lowest BCUT2D eigenvalue weighted by Crippen LogP contribution is -1.96. The third-order valence-electron chi connectivity index (χ3n) is 2.43. The molecule has 0 unspecified atom stereocenters. The van der Waals surface area contributed by atoms with Crippen molar-refractivity contribution in [3.05, 3.63) is 48.3 Å². The van der Waals surface area contributed by atoms with E-state index in [2.05, 4.69) is 4.98 Å². The fraction of sp³-hybridized carbons (Fsp3) is 0.154. The maximum absolute atomic E-state index is 9.20. The van der Waals surface area contributed by atoms with Gasteiger partial charge in [0.05, 0.1) is 13.7 Å². The summed E-state index contributed by atoms with van der Waals surface area (Å²) in [4.78, 5) is 4.10. The van der Waals surface area contributed by atoms with Gasteiger partial charge in [0, 0.05) is 23.5 Å². The number of hydrogen-bond acceptors (Lipinski definition) is 3. The maximum atomic E-state index is 9.20. The third kappa shape index (κ3) is 1.90. The van der Waals surface area contributed by atoms with Gasteiger partial charge in [-0.25, -0.2) is 0 Å². The molecule has 2 aromatic rings. The maximum Gasteiger partial charge on any atom is 0.135 e. The molecule has 0 aliphatic heterocycles. The Morgan fingerprint density at radius 2 is 1.94 bits per heavy atom. The number of benzene rings is 1. The zero-order chi connectivity index (χ0) is 11.4. The van der Waals surface area contributed by atoms with Gasteiger partial charge in [0.1, 0.15) is 5.75 Å². The smallest absolute Gasteiger partial charge is 0.135 e. The summed E-state index contributed by atoms with van der Waals surface area (Å²) in [7, 11) is 1.60. The summed E-state index contributed by atoms with van der Waals surface area (Å²) in [6, 6.07) is 9.85. The largest absolute Gasteiger partial charge is 0.496 e. The van der Waals surface area contributed by atoms with Gasteiger partial charge in [0.2, 0.25) is 0 Å². The molecule has 3 heteroatoms. The zero-order valence-electron chi connectivity index (χ0n) is 9.05. The lowest BCUT2D eigenvalue weighted by Gasteiger charge is -2.11. The highest BCUT2D eigenvalue weighted by Crippen LogP contribution is 2.31. The van der Waals surface area contributed by atoms with E-state index in [1.807, 2.05) is 30.3 Å². The second-order valence-electron chi connectivity index (χ2n) is 3.40. The van der Waals surface area contributed by atoms with Crippen LogP contribution < -0.4 is 4.74 Å². The van der Waals surface area contributed by atoms with Crippen molar-refractivity contribution in [3.8, 4) is 16.9 Å². The molecule has 0 atom stereocenters. The number of rotatable bonds is 3. The minimum atomic E-state index is -0.0726. The van der Waals surface area contributed by atoms with Gasteiger partial charge in [-0.2, -0.15) is 0 Å². The molecule has 0 amide bonds. The molecular weight excluding hydrogens is 202 g/mol. The number of aliphatic hydroxyl groups excluding tert-OH is 1. The minimum absolute atomic E-state index is 0.0726. The van der Waals surface area contributed by atoms with Crippen molar-refractivity contribution in [3.63, 3.8) is 0 Å². The van der Waals surface area contributed by atoms with Gasteiger partial charge in [-0.15, -0.1) is 0 Å². The monoisotopic (exact) mass is 215 g/mol. The van der Waals surface area contributed by atoms with Crippen LogP contribution in [-0.4, -0.2) is 17.2 Å². The Labute approximate surface area is 94.3 Å². The first-order chi connectivity index (χ1) is 7.86. The van der Waals surface area contributed by atoms with Crippen LogP contribution in [0, 0.1) is 0 Å². The van der Waals surface area contributed by atoms with E-state index in [1.54, 1.807) is 19.5 Å². The molecule has 0 aliphatic rings. The molecule has 1 N–H and O–H groups in total. The van der Waals surface area contributed by atoms with E-state index in [9.17, 15) is 5.11 Å². The molecule has 0 fully saturated rings.